The molecular weight excluding hydrogens is 235 g/mol. The lowest BCUT2D eigenvalue weighted by Gasteiger charge is -2.11. The molecule has 1 amide bonds. The van der Waals surface area contributed by atoms with Crippen molar-refractivity contribution in [3.05, 3.63) is 35.4 Å². The van der Waals surface area contributed by atoms with E-state index in [4.69, 9.17) is 10.5 Å². The highest BCUT2D eigenvalue weighted by Crippen LogP contribution is 2.34. The van der Waals surface area contributed by atoms with E-state index in [1.165, 1.54) is 19.2 Å². The van der Waals surface area contributed by atoms with Gasteiger partial charge < -0.3 is 10.5 Å². The largest absolute Gasteiger partial charge is 0.497 e. The maximum atomic E-state index is 12.7. The molecule has 0 saturated carbocycles. The van der Waals surface area contributed by atoms with E-state index in [9.17, 15) is 18.0 Å². The molecule has 0 aromatic heterocycles. The summed E-state index contributed by atoms with van der Waals surface area (Å²) in [6.45, 7) is 0. The molecule has 2 N–H and O–H groups in total. The zero-order chi connectivity index (χ0) is 13.1. The van der Waals surface area contributed by atoms with Gasteiger partial charge in [-0.15, -0.1) is 0 Å². The van der Waals surface area contributed by atoms with Gasteiger partial charge in [0, 0.05) is 6.08 Å². The molecule has 0 aliphatic heterocycles. The van der Waals surface area contributed by atoms with Crippen LogP contribution < -0.4 is 10.5 Å². The first-order valence-electron chi connectivity index (χ1n) is 4.57. The number of alkyl halides is 3. The number of benzene rings is 1. The molecular formula is C11H10F3NO2. The number of nitrogens with two attached hydrogens (primary N) is 1. The van der Waals surface area contributed by atoms with Crippen LogP contribution in [0.2, 0.25) is 0 Å². The topological polar surface area (TPSA) is 52.3 Å². The monoisotopic (exact) mass is 245 g/mol. The Bertz CT molecular complexity index is 453. The molecule has 6 heteroatoms. The number of hydrogen-bond acceptors (Lipinski definition) is 2. The van der Waals surface area contributed by atoms with Gasteiger partial charge in [0.15, 0.2) is 0 Å². The molecule has 0 bridgehead atoms. The molecule has 0 unspecified atom stereocenters. The van der Waals surface area contributed by atoms with Gasteiger partial charge in [0.1, 0.15) is 5.75 Å². The van der Waals surface area contributed by atoms with Crippen LogP contribution in [0.1, 0.15) is 11.1 Å². The molecule has 0 atom stereocenters. The number of carbonyl (C=O) groups excluding carboxylic acids is 1. The number of methoxy groups -OCH3 is 1. The lowest BCUT2D eigenvalue weighted by Crippen LogP contribution is -2.09. The molecule has 0 aliphatic carbocycles. The van der Waals surface area contributed by atoms with E-state index in [1.807, 2.05) is 0 Å². The normalized spacial score (nSPS) is 11.8. The fourth-order valence-electron chi connectivity index (χ4n) is 1.23. The van der Waals surface area contributed by atoms with Crippen molar-refractivity contribution in [2.75, 3.05) is 7.11 Å². The van der Waals surface area contributed by atoms with Crippen molar-refractivity contribution in [3.8, 4) is 5.75 Å². The highest BCUT2D eigenvalue weighted by molar-refractivity contribution is 5.90. The van der Waals surface area contributed by atoms with E-state index < -0.39 is 17.6 Å². The summed E-state index contributed by atoms with van der Waals surface area (Å²) in [4.78, 5) is 10.5. The fourth-order valence-corrected chi connectivity index (χ4v) is 1.23. The molecule has 1 aromatic rings. The van der Waals surface area contributed by atoms with Gasteiger partial charge in [-0.25, -0.2) is 0 Å². The number of amides is 1. The number of rotatable bonds is 3. The predicted molar refractivity (Wildman–Crippen MR) is 56.2 cm³/mol. The molecule has 1 rings (SSSR count). The van der Waals surface area contributed by atoms with Gasteiger partial charge in [0.2, 0.25) is 5.91 Å². The Balaban J connectivity index is 3.25. The lowest BCUT2D eigenvalue weighted by atomic mass is 10.1. The van der Waals surface area contributed by atoms with E-state index in [-0.39, 0.29) is 11.3 Å². The van der Waals surface area contributed by atoms with Crippen molar-refractivity contribution in [3.63, 3.8) is 0 Å². The lowest BCUT2D eigenvalue weighted by molar-refractivity contribution is -0.137. The summed E-state index contributed by atoms with van der Waals surface area (Å²) in [6, 6.07) is 3.44. The molecule has 1 aromatic carbocycles. The minimum Gasteiger partial charge on any atom is -0.497 e. The Labute approximate surface area is 95.7 Å². The van der Waals surface area contributed by atoms with Crippen LogP contribution in [-0.4, -0.2) is 13.0 Å². The number of ether oxygens (including phenoxy) is 1. The summed E-state index contributed by atoms with van der Waals surface area (Å²) in [5.41, 5.74) is 3.80. The van der Waals surface area contributed by atoms with Crippen LogP contribution in [0.15, 0.2) is 24.3 Å². The first kappa shape index (κ1) is 13.1. The predicted octanol–water partition coefficient (Wildman–Crippen LogP) is 2.21. The van der Waals surface area contributed by atoms with Crippen LogP contribution in [0.3, 0.4) is 0 Å². The number of carbonyl (C=O) groups is 1. The van der Waals surface area contributed by atoms with Gasteiger partial charge in [0.25, 0.3) is 0 Å². The van der Waals surface area contributed by atoms with Gasteiger partial charge in [0.05, 0.1) is 12.7 Å². The smallest absolute Gasteiger partial charge is 0.417 e. The molecule has 0 saturated heterocycles. The van der Waals surface area contributed by atoms with Crippen LogP contribution in [0.4, 0.5) is 13.2 Å². The Morgan fingerprint density at radius 1 is 1.41 bits per heavy atom. The van der Waals surface area contributed by atoms with Gasteiger partial charge >= 0.3 is 6.18 Å². The zero-order valence-electron chi connectivity index (χ0n) is 8.91. The van der Waals surface area contributed by atoms with E-state index in [0.29, 0.717) is 0 Å². The second-order valence-electron chi connectivity index (χ2n) is 3.19. The maximum absolute atomic E-state index is 12.7. The first-order valence-corrected chi connectivity index (χ1v) is 4.57. The molecule has 0 aliphatic rings. The minimum atomic E-state index is -4.52. The molecule has 17 heavy (non-hydrogen) atoms. The third-order valence-corrected chi connectivity index (χ3v) is 1.99. The molecule has 0 fully saturated rings. The van der Waals surface area contributed by atoms with Crippen LogP contribution in [-0.2, 0) is 11.0 Å². The molecule has 92 valence electrons. The van der Waals surface area contributed by atoms with Crippen LogP contribution in [0, 0.1) is 0 Å². The summed E-state index contributed by atoms with van der Waals surface area (Å²) in [5.74, 6) is -0.720. The van der Waals surface area contributed by atoms with Crippen LogP contribution in [0.5, 0.6) is 5.75 Å². The summed E-state index contributed by atoms with van der Waals surface area (Å²) < 4.78 is 42.8. The second kappa shape index (κ2) is 4.90. The van der Waals surface area contributed by atoms with Crippen LogP contribution in [0.25, 0.3) is 6.08 Å². The summed E-state index contributed by atoms with van der Waals surface area (Å²) >= 11 is 0. The molecule has 0 radical (unpaired) electrons. The van der Waals surface area contributed by atoms with Gasteiger partial charge in [-0.3, -0.25) is 4.79 Å². The Morgan fingerprint density at radius 2 is 2.06 bits per heavy atom. The average molecular weight is 245 g/mol. The van der Waals surface area contributed by atoms with E-state index in [1.54, 1.807) is 0 Å². The Kier molecular flexibility index (Phi) is 3.77. The Hall–Kier alpha value is -1.98. The molecule has 3 nitrogen and oxygen atoms in total. The fraction of sp³-hybridized carbons (Fsp3) is 0.182. The highest BCUT2D eigenvalue weighted by atomic mass is 19.4. The average Bonchev–Trinajstić information content (AvgIpc) is 2.24. The van der Waals surface area contributed by atoms with Crippen LogP contribution >= 0.6 is 0 Å². The SMILES string of the molecule is COc1ccc(/C=C/C(N)=O)c(C(F)(F)F)c1. The minimum absolute atomic E-state index is 0.0913. The van der Waals surface area contributed by atoms with E-state index in [2.05, 4.69) is 0 Å². The number of hydrogen-bond donors (Lipinski definition) is 1. The standard InChI is InChI=1S/C11H10F3NO2/c1-17-8-4-2-7(3-5-10(15)16)9(6-8)11(12,13)14/h2-6H,1H3,(H2,15,16)/b5-3+. The van der Waals surface area contributed by atoms with Gasteiger partial charge in [-0.05, 0) is 23.8 Å². The van der Waals surface area contributed by atoms with Crippen molar-refractivity contribution < 1.29 is 22.7 Å². The summed E-state index contributed by atoms with van der Waals surface area (Å²) in [6.07, 6.45) is -2.63. The van der Waals surface area contributed by atoms with Gasteiger partial charge in [-0.2, -0.15) is 13.2 Å². The summed E-state index contributed by atoms with van der Waals surface area (Å²) in [5, 5.41) is 0. The molecule has 0 spiro atoms. The Morgan fingerprint density at radius 3 is 2.53 bits per heavy atom. The maximum Gasteiger partial charge on any atom is 0.417 e. The van der Waals surface area contributed by atoms with Crippen molar-refractivity contribution in [1.82, 2.24) is 0 Å². The number of primary amides is 1. The third-order valence-electron chi connectivity index (χ3n) is 1.99. The number of halogens is 3. The third kappa shape index (κ3) is 3.51. The van der Waals surface area contributed by atoms with Crippen molar-refractivity contribution in [1.29, 1.82) is 0 Å². The van der Waals surface area contributed by atoms with Crippen molar-refractivity contribution in [2.45, 2.75) is 6.18 Å². The summed E-state index contributed by atoms with van der Waals surface area (Å²) in [7, 11) is 1.27. The zero-order valence-corrected chi connectivity index (χ0v) is 8.91. The molecule has 0 heterocycles. The van der Waals surface area contributed by atoms with Gasteiger partial charge in [-0.1, -0.05) is 6.07 Å². The van der Waals surface area contributed by atoms with Crippen molar-refractivity contribution in [2.24, 2.45) is 5.73 Å². The van der Waals surface area contributed by atoms with Crippen molar-refractivity contribution >= 4 is 12.0 Å². The first-order chi connectivity index (χ1) is 7.84. The second-order valence-corrected chi connectivity index (χ2v) is 3.19. The highest BCUT2D eigenvalue weighted by Gasteiger charge is 2.33. The van der Waals surface area contributed by atoms with E-state index >= 15 is 0 Å². The van der Waals surface area contributed by atoms with E-state index in [0.717, 1.165) is 18.2 Å². The quantitative estimate of drug-likeness (QED) is 0.830.